The van der Waals surface area contributed by atoms with Crippen LogP contribution in [0.2, 0.25) is 0 Å². The zero-order chi connectivity index (χ0) is 8.10. The number of rotatable bonds is 3. The first kappa shape index (κ1) is 7.52. The van der Waals surface area contributed by atoms with Gasteiger partial charge < -0.3 is 10.4 Å². The van der Waals surface area contributed by atoms with Crippen molar-refractivity contribution in [3.8, 4) is 0 Å². The maximum absolute atomic E-state index is 9.97. The van der Waals surface area contributed by atoms with Gasteiger partial charge in [0.1, 0.15) is 0 Å². The van der Waals surface area contributed by atoms with Crippen LogP contribution >= 0.6 is 0 Å². The molecule has 1 rings (SSSR count). The normalized spacial score (nSPS) is 9.45. The van der Waals surface area contributed by atoms with Crippen molar-refractivity contribution in [1.82, 2.24) is 20.3 Å². The van der Waals surface area contributed by atoms with Gasteiger partial charge in [-0.05, 0) is 0 Å². The van der Waals surface area contributed by atoms with E-state index in [9.17, 15) is 4.79 Å². The molecule has 0 aromatic carbocycles. The van der Waals surface area contributed by atoms with Crippen LogP contribution in [0.3, 0.4) is 0 Å². The van der Waals surface area contributed by atoms with Crippen molar-refractivity contribution in [2.75, 3.05) is 6.54 Å². The average molecular weight is 156 g/mol. The first-order chi connectivity index (χ1) is 5.29. The number of aromatic nitrogens is 3. The molecule has 0 aliphatic rings. The Hall–Kier alpha value is -1.59. The predicted octanol–water partition coefficient (Wildman–Crippen LogP) is -0.454. The molecule has 11 heavy (non-hydrogen) atoms. The van der Waals surface area contributed by atoms with Crippen LogP contribution in [0, 0.1) is 0 Å². The van der Waals surface area contributed by atoms with Crippen LogP contribution < -0.4 is 5.32 Å². The smallest absolute Gasteiger partial charge is 0.404 e. The van der Waals surface area contributed by atoms with E-state index in [-0.39, 0.29) is 0 Å². The van der Waals surface area contributed by atoms with Crippen LogP contribution in [0.5, 0.6) is 0 Å². The summed E-state index contributed by atoms with van der Waals surface area (Å²) in [6, 6.07) is 0. The van der Waals surface area contributed by atoms with Crippen LogP contribution in [-0.2, 0) is 6.54 Å². The van der Waals surface area contributed by atoms with Crippen LogP contribution in [-0.4, -0.2) is 32.7 Å². The van der Waals surface area contributed by atoms with Crippen LogP contribution in [0.1, 0.15) is 0 Å². The van der Waals surface area contributed by atoms with E-state index in [0.717, 1.165) is 0 Å². The first-order valence-corrected chi connectivity index (χ1v) is 3.10. The Labute approximate surface area is 62.8 Å². The van der Waals surface area contributed by atoms with Gasteiger partial charge in [-0.15, -0.1) is 0 Å². The lowest BCUT2D eigenvalue weighted by Crippen LogP contribution is -2.25. The third-order valence-corrected chi connectivity index (χ3v) is 1.05. The highest BCUT2D eigenvalue weighted by molar-refractivity contribution is 5.64. The highest BCUT2D eigenvalue weighted by Gasteiger charge is 1.94. The maximum atomic E-state index is 9.97. The van der Waals surface area contributed by atoms with Gasteiger partial charge in [0.2, 0.25) is 0 Å². The molecule has 60 valence electrons. The topological polar surface area (TPSA) is 80.0 Å². The van der Waals surface area contributed by atoms with Crippen molar-refractivity contribution in [3.05, 3.63) is 12.4 Å². The van der Waals surface area contributed by atoms with Gasteiger partial charge in [-0.3, -0.25) is 0 Å². The molecule has 6 heteroatoms. The number of nitrogens with one attached hydrogen (secondary N) is 1. The summed E-state index contributed by atoms with van der Waals surface area (Å²) in [7, 11) is 0. The number of amides is 1. The lowest BCUT2D eigenvalue weighted by atomic mass is 10.6. The molecule has 0 saturated heterocycles. The quantitative estimate of drug-likeness (QED) is 0.620. The second-order valence-corrected chi connectivity index (χ2v) is 1.86. The summed E-state index contributed by atoms with van der Waals surface area (Å²) in [4.78, 5) is 11.4. The fourth-order valence-corrected chi connectivity index (χ4v) is 0.622. The molecule has 0 aliphatic carbocycles. The zero-order valence-electron chi connectivity index (χ0n) is 5.77. The minimum absolute atomic E-state index is 0.323. The molecule has 1 heterocycles. The second-order valence-electron chi connectivity index (χ2n) is 1.86. The molecule has 0 atom stereocenters. The van der Waals surface area contributed by atoms with E-state index in [1.165, 1.54) is 4.80 Å². The number of hydrogen-bond acceptors (Lipinski definition) is 3. The van der Waals surface area contributed by atoms with Crippen molar-refractivity contribution in [3.63, 3.8) is 0 Å². The average Bonchev–Trinajstić information content (AvgIpc) is 2.39. The Bertz CT molecular complexity index is 220. The Balaban J connectivity index is 2.19. The number of nitrogens with zero attached hydrogens (tertiary/aromatic N) is 3. The lowest BCUT2D eigenvalue weighted by Gasteiger charge is -1.98. The van der Waals surface area contributed by atoms with Crippen LogP contribution in [0.4, 0.5) is 4.79 Å². The minimum Gasteiger partial charge on any atom is -0.465 e. The molecule has 1 aromatic heterocycles. The van der Waals surface area contributed by atoms with Crippen molar-refractivity contribution in [1.29, 1.82) is 0 Å². The SMILES string of the molecule is O=C(O)NCCn1nccn1. The van der Waals surface area contributed by atoms with E-state index in [2.05, 4.69) is 15.5 Å². The van der Waals surface area contributed by atoms with E-state index in [1.54, 1.807) is 12.4 Å². The second kappa shape index (κ2) is 3.55. The summed E-state index contributed by atoms with van der Waals surface area (Å²) in [5.41, 5.74) is 0. The van der Waals surface area contributed by atoms with Crippen LogP contribution in [0.25, 0.3) is 0 Å². The molecule has 1 aromatic rings. The molecular formula is C5H8N4O2. The highest BCUT2D eigenvalue weighted by atomic mass is 16.4. The van der Waals surface area contributed by atoms with E-state index in [0.29, 0.717) is 13.1 Å². The molecule has 0 unspecified atom stereocenters. The van der Waals surface area contributed by atoms with E-state index in [1.807, 2.05) is 0 Å². The molecule has 6 nitrogen and oxygen atoms in total. The Morgan fingerprint density at radius 3 is 2.73 bits per heavy atom. The lowest BCUT2D eigenvalue weighted by molar-refractivity contribution is 0.193. The van der Waals surface area contributed by atoms with E-state index < -0.39 is 6.09 Å². The highest BCUT2D eigenvalue weighted by Crippen LogP contribution is 1.75. The molecule has 0 aliphatic heterocycles. The van der Waals surface area contributed by atoms with E-state index in [4.69, 9.17) is 5.11 Å². The largest absolute Gasteiger partial charge is 0.465 e. The monoisotopic (exact) mass is 156 g/mol. The standard InChI is InChI=1S/C5H8N4O2/c10-5(11)6-3-4-9-7-1-2-8-9/h1-2,6H,3-4H2,(H,10,11). The molecule has 0 spiro atoms. The summed E-state index contributed by atoms with van der Waals surface area (Å²) in [5, 5.41) is 18.0. The van der Waals surface area contributed by atoms with Gasteiger partial charge in [-0.2, -0.15) is 15.0 Å². The van der Waals surface area contributed by atoms with Gasteiger partial charge in [0.15, 0.2) is 0 Å². The van der Waals surface area contributed by atoms with E-state index >= 15 is 0 Å². The third kappa shape index (κ3) is 2.65. The van der Waals surface area contributed by atoms with Gasteiger partial charge >= 0.3 is 6.09 Å². The van der Waals surface area contributed by atoms with Crippen LogP contribution in [0.15, 0.2) is 12.4 Å². The molecule has 1 amide bonds. The van der Waals surface area contributed by atoms with Crippen molar-refractivity contribution < 1.29 is 9.90 Å². The van der Waals surface area contributed by atoms with Gasteiger partial charge in [-0.1, -0.05) is 0 Å². The third-order valence-electron chi connectivity index (χ3n) is 1.05. The number of carboxylic acid groups (broad SMARTS) is 1. The fraction of sp³-hybridized carbons (Fsp3) is 0.400. The summed E-state index contributed by atoms with van der Waals surface area (Å²) < 4.78 is 0. The minimum atomic E-state index is -1.03. The van der Waals surface area contributed by atoms with Gasteiger partial charge in [0.05, 0.1) is 18.9 Å². The fourth-order valence-electron chi connectivity index (χ4n) is 0.622. The van der Waals surface area contributed by atoms with Gasteiger partial charge in [-0.25, -0.2) is 4.79 Å². The zero-order valence-corrected chi connectivity index (χ0v) is 5.77. The Kier molecular flexibility index (Phi) is 2.42. The summed E-state index contributed by atoms with van der Waals surface area (Å²) in [6.07, 6.45) is 2.05. The van der Waals surface area contributed by atoms with Crippen molar-refractivity contribution in [2.24, 2.45) is 0 Å². The molecule has 0 bridgehead atoms. The first-order valence-electron chi connectivity index (χ1n) is 3.10. The molecular weight excluding hydrogens is 148 g/mol. The Morgan fingerprint density at radius 2 is 2.18 bits per heavy atom. The Morgan fingerprint density at radius 1 is 1.55 bits per heavy atom. The summed E-state index contributed by atoms with van der Waals surface area (Å²) in [6.45, 7) is 0.781. The van der Waals surface area contributed by atoms with Crippen molar-refractivity contribution >= 4 is 6.09 Å². The molecule has 0 radical (unpaired) electrons. The predicted molar refractivity (Wildman–Crippen MR) is 36.0 cm³/mol. The summed E-state index contributed by atoms with van der Waals surface area (Å²) >= 11 is 0. The van der Waals surface area contributed by atoms with Crippen molar-refractivity contribution in [2.45, 2.75) is 6.54 Å². The molecule has 0 saturated carbocycles. The number of carbonyl (C=O) groups is 1. The van der Waals surface area contributed by atoms with Gasteiger partial charge in [0, 0.05) is 6.54 Å². The maximum Gasteiger partial charge on any atom is 0.404 e. The summed E-state index contributed by atoms with van der Waals surface area (Å²) in [5.74, 6) is 0. The molecule has 2 N–H and O–H groups in total. The van der Waals surface area contributed by atoms with Gasteiger partial charge in [0.25, 0.3) is 0 Å². The number of hydrogen-bond donors (Lipinski definition) is 2. The molecule has 0 fully saturated rings.